The van der Waals surface area contributed by atoms with Crippen LogP contribution in [-0.4, -0.2) is 195 Å². The van der Waals surface area contributed by atoms with Crippen LogP contribution in [0.2, 0.25) is 0 Å². The number of phosphoric ester groups is 1. The van der Waals surface area contributed by atoms with Gasteiger partial charge >= 0.3 is 19.8 Å². The van der Waals surface area contributed by atoms with E-state index in [2.05, 4.69) is 39.5 Å². The van der Waals surface area contributed by atoms with Gasteiger partial charge < -0.3 is 79.1 Å². The molecule has 2 rings (SSSR count). The maximum Gasteiger partial charge on any atom is 0.472 e. The third-order valence-electron chi connectivity index (χ3n) is 15.3. The highest BCUT2D eigenvalue weighted by molar-refractivity contribution is 7.47. The van der Waals surface area contributed by atoms with E-state index in [9.17, 15) is 59.9 Å². The predicted molar refractivity (Wildman–Crippen MR) is 313 cm³/mol. The highest BCUT2D eigenvalue weighted by Gasteiger charge is 2.46. The van der Waals surface area contributed by atoms with Crippen LogP contribution in [0.1, 0.15) is 240 Å². The van der Waals surface area contributed by atoms with Gasteiger partial charge in [-0.1, -0.05) is 214 Å². The number of hydrogen-bond acceptors (Lipinski definition) is 20. The van der Waals surface area contributed by atoms with Crippen LogP contribution in [0.4, 0.5) is 0 Å². The van der Waals surface area contributed by atoms with Gasteiger partial charge in [-0.2, -0.15) is 0 Å². The maximum atomic E-state index is 13.5. The first-order chi connectivity index (χ1) is 39.5. The number of aliphatic hydroxyl groups excluding tert-OH is 8. The molecule has 0 aromatic heterocycles. The van der Waals surface area contributed by atoms with Crippen LogP contribution >= 0.6 is 7.82 Å². The Labute approximate surface area is 493 Å². The van der Waals surface area contributed by atoms with Gasteiger partial charge in [0.15, 0.2) is 18.7 Å². The summed E-state index contributed by atoms with van der Waals surface area (Å²) in [6.45, 7) is 10.2. The number of carbonyl (C=O) groups excluding carboxylic acids is 2. The fraction of sp³-hybridized carbons (Fsp3) is 0.967. The van der Waals surface area contributed by atoms with Crippen LogP contribution in [0, 0.1) is 0 Å². The topological polar surface area (TPSA) is 310 Å². The normalized spacial score (nSPS) is 24.0. The van der Waals surface area contributed by atoms with E-state index in [4.69, 9.17) is 37.5 Å². The Morgan fingerprint density at radius 2 is 0.768 bits per heavy atom. The fourth-order valence-corrected chi connectivity index (χ4v) is 10.8. The molecule has 2 saturated heterocycles. The quantitative estimate of drug-likeness (QED) is 0.0157. The minimum atomic E-state index is -5.20. The SMILES string of the molecule is CCCCCCCCCCCCCCCCCC(=O)OC[C@H](COP(=O)(O)OC(CO[C@H]1O[C@H](CO)[C@@H](O)[C@H](O)[C@@H]1O)CO[C@H]1O[C@H](CO)[C@@H](O)[C@H](O)[C@@H]1O)OC(=O)CCCCCCCCCCCCCCCCC.CCN(CC)CC. The number of ether oxygens (including phenoxy) is 6. The van der Waals surface area contributed by atoms with Crippen LogP contribution in [-0.2, 0) is 51.6 Å². The molecule has 0 saturated carbocycles. The Bertz CT molecular complexity index is 1500. The standard InChI is InChI=1S/C54H103O20P.C6H15N/c1-3-5-7-9-11-13-15-17-19-21-23-25-27-29-31-33-45(57)67-37-41(71-46(58)34-32-30-28-26-24-22-20-18-16-14-12-10-8-6-4-2)40-70-75(65,66)74-42(38-68-53-51(63)49(61)47(59)43(35-55)72-53)39-69-54-52(64)50(62)48(60)44(36-56)73-54;1-4-7(5-2)6-3/h41-44,47-56,59-64H,3-40H2,1-2H3,(H,65,66);4-6H2,1-3H3/t41-,43-,44-,47-,48-,49+,50+,51+,52+,53+,54+;/m1./s1. The summed E-state index contributed by atoms with van der Waals surface area (Å²) in [5.41, 5.74) is 0. The molecular formula is C60H118NO20P. The molecule has 0 aromatic rings. The average molecular weight is 1200 g/mol. The minimum absolute atomic E-state index is 0.0573. The zero-order chi connectivity index (χ0) is 60.8. The number of aliphatic hydroxyl groups is 8. The molecule has 82 heavy (non-hydrogen) atoms. The van der Waals surface area contributed by atoms with E-state index < -0.39 is 133 Å². The van der Waals surface area contributed by atoms with Crippen molar-refractivity contribution in [2.45, 2.75) is 314 Å². The minimum Gasteiger partial charge on any atom is -0.462 e. The molecule has 0 aliphatic carbocycles. The van der Waals surface area contributed by atoms with Gasteiger partial charge in [0.05, 0.1) is 33.0 Å². The summed E-state index contributed by atoms with van der Waals surface area (Å²) in [4.78, 5) is 39.3. The zero-order valence-corrected chi connectivity index (χ0v) is 52.2. The van der Waals surface area contributed by atoms with E-state index in [1.54, 1.807) is 0 Å². The summed E-state index contributed by atoms with van der Waals surface area (Å²) in [6.07, 6.45) is 15.2. The molecule has 22 heteroatoms. The van der Waals surface area contributed by atoms with Gasteiger partial charge in [-0.25, -0.2) is 4.57 Å². The molecule has 2 aliphatic rings. The maximum absolute atomic E-state index is 13.5. The van der Waals surface area contributed by atoms with Gasteiger partial charge in [-0.15, -0.1) is 0 Å². The Balaban J connectivity index is 0.00000448. The van der Waals surface area contributed by atoms with Crippen molar-refractivity contribution in [3.63, 3.8) is 0 Å². The summed E-state index contributed by atoms with van der Waals surface area (Å²) in [6, 6.07) is 0. The highest BCUT2D eigenvalue weighted by atomic mass is 31.2. The van der Waals surface area contributed by atoms with Crippen molar-refractivity contribution in [2.24, 2.45) is 0 Å². The van der Waals surface area contributed by atoms with E-state index in [0.29, 0.717) is 12.8 Å². The smallest absolute Gasteiger partial charge is 0.462 e. The first-order valence-electron chi connectivity index (χ1n) is 32.1. The lowest BCUT2D eigenvalue weighted by Crippen LogP contribution is -2.60. The van der Waals surface area contributed by atoms with Crippen molar-refractivity contribution in [3.8, 4) is 0 Å². The molecule has 2 aliphatic heterocycles. The lowest BCUT2D eigenvalue weighted by Gasteiger charge is -2.40. The number of esters is 2. The van der Waals surface area contributed by atoms with Crippen LogP contribution in [0.15, 0.2) is 0 Å². The lowest BCUT2D eigenvalue weighted by molar-refractivity contribution is -0.314. The second kappa shape index (κ2) is 50.5. The number of unbranched alkanes of at least 4 members (excludes halogenated alkanes) is 28. The summed E-state index contributed by atoms with van der Waals surface area (Å²) in [5, 5.41) is 81.2. The Hall–Kier alpha value is -1.47. The first-order valence-corrected chi connectivity index (χ1v) is 33.6. The molecule has 0 spiro atoms. The van der Waals surface area contributed by atoms with Gasteiger partial charge in [-0.3, -0.25) is 18.6 Å². The molecule has 488 valence electrons. The predicted octanol–water partition coefficient (Wildman–Crippen LogP) is 8.45. The van der Waals surface area contributed by atoms with E-state index in [0.717, 1.165) is 51.4 Å². The van der Waals surface area contributed by atoms with Gasteiger partial charge in [0.1, 0.15) is 61.5 Å². The van der Waals surface area contributed by atoms with Crippen LogP contribution in [0.3, 0.4) is 0 Å². The summed E-state index contributed by atoms with van der Waals surface area (Å²) < 4.78 is 57.1. The summed E-state index contributed by atoms with van der Waals surface area (Å²) in [5.74, 6) is -1.16. The zero-order valence-electron chi connectivity index (χ0n) is 51.3. The van der Waals surface area contributed by atoms with Gasteiger partial charge in [0.25, 0.3) is 0 Å². The molecular weight excluding hydrogens is 1090 g/mol. The second-order valence-electron chi connectivity index (χ2n) is 22.4. The largest absolute Gasteiger partial charge is 0.472 e. The highest BCUT2D eigenvalue weighted by Crippen LogP contribution is 2.45. The Morgan fingerprint density at radius 3 is 1.09 bits per heavy atom. The van der Waals surface area contributed by atoms with Crippen LogP contribution in [0.25, 0.3) is 0 Å². The molecule has 21 nitrogen and oxygen atoms in total. The van der Waals surface area contributed by atoms with Crippen molar-refractivity contribution >= 4 is 19.8 Å². The van der Waals surface area contributed by atoms with Crippen LogP contribution in [0.5, 0.6) is 0 Å². The molecule has 0 aromatic carbocycles. The third-order valence-corrected chi connectivity index (χ3v) is 16.4. The molecule has 9 N–H and O–H groups in total. The Morgan fingerprint density at radius 1 is 0.439 bits per heavy atom. The molecule has 0 radical (unpaired) electrons. The van der Waals surface area contributed by atoms with Gasteiger partial charge in [0, 0.05) is 12.8 Å². The van der Waals surface area contributed by atoms with E-state index in [1.807, 2.05) is 0 Å². The van der Waals surface area contributed by atoms with E-state index in [-0.39, 0.29) is 12.8 Å². The lowest BCUT2D eigenvalue weighted by atomic mass is 9.99. The fourth-order valence-electron chi connectivity index (χ4n) is 9.89. The molecule has 0 bridgehead atoms. The second-order valence-corrected chi connectivity index (χ2v) is 23.8. The third kappa shape index (κ3) is 37.3. The summed E-state index contributed by atoms with van der Waals surface area (Å²) in [7, 11) is -5.20. The van der Waals surface area contributed by atoms with E-state index >= 15 is 0 Å². The first kappa shape index (κ1) is 78.5. The molecule has 12 atom stereocenters. The van der Waals surface area contributed by atoms with Crippen molar-refractivity contribution in [2.75, 3.05) is 59.3 Å². The van der Waals surface area contributed by atoms with Crippen molar-refractivity contribution in [3.05, 3.63) is 0 Å². The number of hydrogen-bond donors (Lipinski definition) is 9. The van der Waals surface area contributed by atoms with Crippen molar-refractivity contribution in [1.29, 1.82) is 0 Å². The Kier molecular flexibility index (Phi) is 48.4. The number of rotatable bonds is 51. The average Bonchev–Trinajstić information content (AvgIpc) is 3.63. The van der Waals surface area contributed by atoms with E-state index in [1.165, 1.54) is 148 Å². The van der Waals surface area contributed by atoms with Crippen LogP contribution < -0.4 is 0 Å². The molecule has 0 amide bonds. The number of nitrogens with zero attached hydrogens (tertiary/aromatic N) is 1. The van der Waals surface area contributed by atoms with Gasteiger partial charge in [0.2, 0.25) is 0 Å². The number of phosphoric acid groups is 1. The van der Waals surface area contributed by atoms with Crippen molar-refractivity contribution in [1.82, 2.24) is 4.90 Å². The molecule has 2 fully saturated rings. The monoisotopic (exact) mass is 1200 g/mol. The summed E-state index contributed by atoms with van der Waals surface area (Å²) >= 11 is 0. The van der Waals surface area contributed by atoms with Crippen molar-refractivity contribution < 1.29 is 97.4 Å². The number of carbonyl (C=O) groups is 2. The van der Waals surface area contributed by atoms with Gasteiger partial charge in [-0.05, 0) is 32.5 Å². The molecule has 1 unspecified atom stereocenters. The molecule has 2 heterocycles.